The maximum atomic E-state index is 12.7. The maximum absolute atomic E-state index is 12.7. The smallest absolute Gasteiger partial charge is 0.253 e. The van der Waals surface area contributed by atoms with E-state index in [2.05, 4.69) is 47.3 Å². The molecule has 1 unspecified atom stereocenters. The molecule has 3 rings (SSSR count). The van der Waals surface area contributed by atoms with Crippen molar-refractivity contribution in [3.63, 3.8) is 0 Å². The molecule has 0 aromatic heterocycles. The molecule has 1 aliphatic rings. The molecule has 2 aromatic carbocycles. The Morgan fingerprint density at radius 3 is 2.45 bits per heavy atom. The zero-order valence-corrected chi connectivity index (χ0v) is 17.7. The predicted octanol–water partition coefficient (Wildman–Crippen LogP) is 3.06. The number of fused-ring (bicyclic) bond motifs is 1. The van der Waals surface area contributed by atoms with Crippen LogP contribution in [0, 0.1) is 0 Å². The first-order valence-corrected chi connectivity index (χ1v) is 10.0. The summed E-state index contributed by atoms with van der Waals surface area (Å²) >= 11 is 0. The minimum Gasteiger partial charge on any atom is -0.373 e. The molecule has 0 radical (unpaired) electrons. The third-order valence-corrected chi connectivity index (χ3v) is 5.42. The first-order valence-electron chi connectivity index (χ1n) is 10.0. The van der Waals surface area contributed by atoms with Gasteiger partial charge in [0.15, 0.2) is 0 Å². The highest BCUT2D eigenvalue weighted by molar-refractivity contribution is 5.96. The molecule has 1 heterocycles. The molecule has 0 aliphatic carbocycles. The molecule has 29 heavy (non-hydrogen) atoms. The van der Waals surface area contributed by atoms with Gasteiger partial charge in [-0.15, -0.1) is 0 Å². The van der Waals surface area contributed by atoms with Gasteiger partial charge in [-0.3, -0.25) is 14.5 Å². The summed E-state index contributed by atoms with van der Waals surface area (Å²) in [5.41, 5.74) is 3.78. The molecule has 2 amide bonds. The minimum absolute atomic E-state index is 0.0443. The van der Waals surface area contributed by atoms with E-state index in [0.29, 0.717) is 23.8 Å². The van der Waals surface area contributed by atoms with Crippen molar-refractivity contribution in [2.24, 2.45) is 0 Å². The Bertz CT molecular complexity index is 863. The van der Waals surface area contributed by atoms with E-state index in [1.54, 1.807) is 38.4 Å². The summed E-state index contributed by atoms with van der Waals surface area (Å²) in [7, 11) is 5.56. The van der Waals surface area contributed by atoms with Gasteiger partial charge in [-0.05, 0) is 42.3 Å². The SMILES string of the molecule is CCC1CN(C)c2ccccc2CN1CC(=O)Nc1ccc(C(=O)N(C)C)cc1. The second-order valence-electron chi connectivity index (χ2n) is 7.80. The number of carbonyl (C=O) groups excluding carboxylic acids is 2. The van der Waals surface area contributed by atoms with Gasteiger partial charge in [-0.25, -0.2) is 0 Å². The zero-order chi connectivity index (χ0) is 21.0. The third-order valence-electron chi connectivity index (χ3n) is 5.42. The van der Waals surface area contributed by atoms with Crippen molar-refractivity contribution in [2.45, 2.75) is 25.9 Å². The third kappa shape index (κ3) is 4.95. The van der Waals surface area contributed by atoms with Crippen molar-refractivity contribution in [1.29, 1.82) is 0 Å². The lowest BCUT2D eigenvalue weighted by atomic mass is 10.1. The molecule has 6 heteroatoms. The number of anilines is 2. The van der Waals surface area contributed by atoms with Crippen LogP contribution in [-0.2, 0) is 11.3 Å². The number of nitrogens with one attached hydrogen (secondary N) is 1. The van der Waals surface area contributed by atoms with Gasteiger partial charge in [0.2, 0.25) is 5.91 Å². The maximum Gasteiger partial charge on any atom is 0.253 e. The molecular weight excluding hydrogens is 364 g/mol. The lowest BCUT2D eigenvalue weighted by molar-refractivity contribution is -0.118. The second-order valence-corrected chi connectivity index (χ2v) is 7.80. The summed E-state index contributed by atoms with van der Waals surface area (Å²) in [5, 5.41) is 2.97. The Morgan fingerprint density at radius 1 is 1.10 bits per heavy atom. The Morgan fingerprint density at radius 2 is 1.79 bits per heavy atom. The van der Waals surface area contributed by atoms with E-state index in [9.17, 15) is 9.59 Å². The van der Waals surface area contributed by atoms with Gasteiger partial charge in [0.25, 0.3) is 5.91 Å². The lowest BCUT2D eigenvalue weighted by Crippen LogP contribution is -2.43. The van der Waals surface area contributed by atoms with Gasteiger partial charge in [0, 0.05) is 57.2 Å². The van der Waals surface area contributed by atoms with E-state index in [-0.39, 0.29) is 11.8 Å². The Kier molecular flexibility index (Phi) is 6.54. The van der Waals surface area contributed by atoms with E-state index in [1.807, 2.05) is 6.07 Å². The van der Waals surface area contributed by atoms with Crippen LogP contribution in [0.5, 0.6) is 0 Å². The molecule has 0 saturated carbocycles. The summed E-state index contributed by atoms with van der Waals surface area (Å²) in [5.74, 6) is -0.0989. The topological polar surface area (TPSA) is 55.9 Å². The molecule has 2 aromatic rings. The zero-order valence-electron chi connectivity index (χ0n) is 17.7. The van der Waals surface area contributed by atoms with Crippen LogP contribution in [0.25, 0.3) is 0 Å². The number of rotatable bonds is 5. The van der Waals surface area contributed by atoms with Crippen LogP contribution >= 0.6 is 0 Å². The number of hydrogen-bond acceptors (Lipinski definition) is 4. The van der Waals surface area contributed by atoms with Crippen LogP contribution in [0.1, 0.15) is 29.3 Å². The number of carbonyl (C=O) groups is 2. The fourth-order valence-corrected chi connectivity index (χ4v) is 3.81. The average Bonchev–Trinajstić information content (AvgIpc) is 2.84. The van der Waals surface area contributed by atoms with Crippen LogP contribution in [0.3, 0.4) is 0 Å². The monoisotopic (exact) mass is 394 g/mol. The highest BCUT2D eigenvalue weighted by atomic mass is 16.2. The van der Waals surface area contributed by atoms with Crippen molar-refractivity contribution in [2.75, 3.05) is 44.4 Å². The number of benzene rings is 2. The molecular formula is C23H30N4O2. The van der Waals surface area contributed by atoms with Gasteiger partial charge in [0.1, 0.15) is 0 Å². The van der Waals surface area contributed by atoms with E-state index >= 15 is 0 Å². The quantitative estimate of drug-likeness (QED) is 0.847. The molecule has 1 N–H and O–H groups in total. The Hall–Kier alpha value is -2.86. The summed E-state index contributed by atoms with van der Waals surface area (Å²) in [6.45, 7) is 4.14. The van der Waals surface area contributed by atoms with Crippen LogP contribution < -0.4 is 10.2 Å². The van der Waals surface area contributed by atoms with Gasteiger partial charge in [-0.2, -0.15) is 0 Å². The van der Waals surface area contributed by atoms with E-state index in [0.717, 1.165) is 19.5 Å². The van der Waals surface area contributed by atoms with Crippen molar-refractivity contribution in [3.8, 4) is 0 Å². The molecule has 0 fully saturated rings. The molecule has 0 saturated heterocycles. The van der Waals surface area contributed by atoms with E-state index in [1.165, 1.54) is 16.2 Å². The summed E-state index contributed by atoms with van der Waals surface area (Å²) in [6.07, 6.45) is 0.979. The van der Waals surface area contributed by atoms with Crippen molar-refractivity contribution in [1.82, 2.24) is 9.80 Å². The Balaban J connectivity index is 1.68. The van der Waals surface area contributed by atoms with Gasteiger partial charge in [0.05, 0.1) is 6.54 Å². The first-order chi connectivity index (χ1) is 13.9. The molecule has 1 aliphatic heterocycles. The van der Waals surface area contributed by atoms with E-state index < -0.39 is 0 Å². The number of nitrogens with zero attached hydrogens (tertiary/aromatic N) is 3. The fraction of sp³-hybridized carbons (Fsp3) is 0.391. The van der Waals surface area contributed by atoms with Crippen LogP contribution in [0.15, 0.2) is 48.5 Å². The summed E-state index contributed by atoms with van der Waals surface area (Å²) in [4.78, 5) is 30.8. The number of hydrogen-bond donors (Lipinski definition) is 1. The van der Waals surface area contributed by atoms with E-state index in [4.69, 9.17) is 0 Å². The number of para-hydroxylation sites is 1. The number of amides is 2. The van der Waals surface area contributed by atoms with Gasteiger partial charge >= 0.3 is 0 Å². The van der Waals surface area contributed by atoms with Crippen LogP contribution in [0.4, 0.5) is 11.4 Å². The standard InChI is InChI=1S/C23H30N4O2/c1-5-20-15-26(4)21-9-7-6-8-18(21)14-27(20)16-22(28)24-19-12-10-17(11-13-19)23(29)25(2)3/h6-13,20H,5,14-16H2,1-4H3,(H,24,28). The summed E-state index contributed by atoms with van der Waals surface area (Å²) in [6, 6.07) is 15.7. The normalized spacial score (nSPS) is 16.7. The molecule has 1 atom stereocenters. The first kappa shape index (κ1) is 20.9. The van der Waals surface area contributed by atoms with Crippen molar-refractivity contribution >= 4 is 23.2 Å². The lowest BCUT2D eigenvalue weighted by Gasteiger charge is -2.30. The molecule has 154 valence electrons. The van der Waals surface area contributed by atoms with Gasteiger partial charge < -0.3 is 15.1 Å². The van der Waals surface area contributed by atoms with Crippen LogP contribution in [-0.4, -0.2) is 61.9 Å². The number of likely N-dealkylation sites (N-methyl/N-ethyl adjacent to an activating group) is 1. The summed E-state index contributed by atoms with van der Waals surface area (Å²) < 4.78 is 0. The molecule has 6 nitrogen and oxygen atoms in total. The minimum atomic E-state index is -0.0546. The Labute approximate surface area is 173 Å². The van der Waals surface area contributed by atoms with Crippen molar-refractivity contribution < 1.29 is 9.59 Å². The highest BCUT2D eigenvalue weighted by Gasteiger charge is 2.26. The second kappa shape index (κ2) is 9.09. The largest absolute Gasteiger partial charge is 0.373 e. The fourth-order valence-electron chi connectivity index (χ4n) is 3.81. The predicted molar refractivity (Wildman–Crippen MR) is 117 cm³/mol. The molecule has 0 bridgehead atoms. The van der Waals surface area contributed by atoms with Crippen LogP contribution in [0.2, 0.25) is 0 Å². The van der Waals surface area contributed by atoms with Gasteiger partial charge in [-0.1, -0.05) is 25.1 Å². The highest BCUT2D eigenvalue weighted by Crippen LogP contribution is 2.27. The average molecular weight is 395 g/mol. The molecule has 0 spiro atoms. The van der Waals surface area contributed by atoms with Crippen molar-refractivity contribution in [3.05, 3.63) is 59.7 Å².